The highest BCUT2D eigenvalue weighted by Gasteiger charge is 2.01. The van der Waals surface area contributed by atoms with Gasteiger partial charge in [0.1, 0.15) is 0 Å². The molecule has 2 heteroatoms. The van der Waals surface area contributed by atoms with Gasteiger partial charge in [-0.2, -0.15) is 0 Å². The summed E-state index contributed by atoms with van der Waals surface area (Å²) in [7, 11) is 1.09. The monoisotopic (exact) mass is 202 g/mol. The number of rotatable bonds is 1. The molecule has 0 amide bonds. The first-order valence-electron chi connectivity index (χ1n) is 4.85. The maximum atomic E-state index is 9.44. The second-order valence-electron chi connectivity index (χ2n) is 3.79. The molecular formula is C12H14OSi. The van der Waals surface area contributed by atoms with Crippen LogP contribution >= 0.6 is 0 Å². The van der Waals surface area contributed by atoms with Crippen molar-refractivity contribution in [3.05, 3.63) is 42.0 Å². The molecule has 0 heterocycles. The first kappa shape index (κ1) is 9.43. The first-order chi connectivity index (χ1) is 6.66. The lowest BCUT2D eigenvalue weighted by Gasteiger charge is -2.06. The highest BCUT2D eigenvalue weighted by atomic mass is 28.1. The Morgan fingerprint density at radius 1 is 1.07 bits per heavy atom. The van der Waals surface area contributed by atoms with Gasteiger partial charge >= 0.3 is 0 Å². The van der Waals surface area contributed by atoms with E-state index in [2.05, 4.69) is 30.3 Å². The Bertz CT molecular complexity index is 463. The van der Waals surface area contributed by atoms with Gasteiger partial charge in [-0.25, -0.2) is 0 Å². The average molecular weight is 202 g/mol. The van der Waals surface area contributed by atoms with Gasteiger partial charge in [0, 0.05) is 10.2 Å². The number of fused-ring (bicyclic) bond motifs is 1. The van der Waals surface area contributed by atoms with Crippen LogP contribution in [0.15, 0.2) is 36.4 Å². The van der Waals surface area contributed by atoms with E-state index in [0.29, 0.717) is 0 Å². The molecule has 2 aromatic rings. The predicted molar refractivity (Wildman–Crippen MR) is 64.2 cm³/mol. The van der Waals surface area contributed by atoms with E-state index >= 15 is 0 Å². The van der Waals surface area contributed by atoms with Crippen LogP contribution in [0.2, 0.25) is 0 Å². The van der Waals surface area contributed by atoms with E-state index < -0.39 is 0 Å². The van der Waals surface area contributed by atoms with E-state index in [1.807, 2.05) is 6.07 Å². The molecule has 72 valence electrons. The van der Waals surface area contributed by atoms with Crippen molar-refractivity contribution < 1.29 is 5.11 Å². The van der Waals surface area contributed by atoms with Gasteiger partial charge in [-0.1, -0.05) is 35.5 Å². The van der Waals surface area contributed by atoms with Crippen LogP contribution in [0.1, 0.15) is 18.6 Å². The molecule has 2 rings (SSSR count). The Hall–Kier alpha value is -1.12. The second-order valence-corrected chi connectivity index (χ2v) is 4.94. The summed E-state index contributed by atoms with van der Waals surface area (Å²) in [5.41, 5.74) is 0.985. The highest BCUT2D eigenvalue weighted by Crippen LogP contribution is 2.19. The van der Waals surface area contributed by atoms with Crippen molar-refractivity contribution in [2.75, 3.05) is 0 Å². The van der Waals surface area contributed by atoms with E-state index in [9.17, 15) is 5.11 Å². The van der Waals surface area contributed by atoms with Gasteiger partial charge in [0.15, 0.2) is 0 Å². The predicted octanol–water partition coefficient (Wildman–Crippen LogP) is 0.884. The van der Waals surface area contributed by atoms with Crippen molar-refractivity contribution in [3.63, 3.8) is 0 Å². The molecule has 0 fully saturated rings. The summed E-state index contributed by atoms with van der Waals surface area (Å²) in [6.07, 6.45) is -0.380. The Kier molecular flexibility index (Phi) is 2.40. The van der Waals surface area contributed by atoms with Crippen molar-refractivity contribution in [1.29, 1.82) is 0 Å². The molecule has 1 N–H and O–H groups in total. The molecule has 14 heavy (non-hydrogen) atoms. The lowest BCUT2D eigenvalue weighted by molar-refractivity contribution is 0.199. The van der Waals surface area contributed by atoms with Crippen LogP contribution in [0.25, 0.3) is 10.8 Å². The zero-order valence-corrected chi connectivity index (χ0v) is 10.5. The van der Waals surface area contributed by atoms with Gasteiger partial charge in [-0.3, -0.25) is 0 Å². The summed E-state index contributed by atoms with van der Waals surface area (Å²) >= 11 is 0. The van der Waals surface area contributed by atoms with Gasteiger partial charge in [0.05, 0.1) is 6.10 Å². The third-order valence-electron chi connectivity index (χ3n) is 2.50. The largest absolute Gasteiger partial charge is 0.389 e. The van der Waals surface area contributed by atoms with Crippen LogP contribution in [-0.4, -0.2) is 15.3 Å². The molecule has 0 saturated heterocycles. The number of aliphatic hydroxyl groups is 1. The molecule has 0 spiro atoms. The van der Waals surface area contributed by atoms with Crippen molar-refractivity contribution in [3.8, 4) is 0 Å². The van der Waals surface area contributed by atoms with Gasteiger partial charge in [-0.05, 0) is 29.3 Å². The van der Waals surface area contributed by atoms with Crippen LogP contribution in [0.5, 0.6) is 0 Å². The van der Waals surface area contributed by atoms with Crippen molar-refractivity contribution in [2.45, 2.75) is 13.0 Å². The summed E-state index contributed by atoms with van der Waals surface area (Å²) in [5.74, 6) is 0. The highest BCUT2D eigenvalue weighted by molar-refractivity contribution is 6.33. The molecule has 0 bridgehead atoms. The Balaban J connectivity index is 2.62. The maximum Gasteiger partial charge on any atom is 0.0762 e. The zero-order chi connectivity index (χ0) is 10.1. The van der Waals surface area contributed by atoms with Gasteiger partial charge in [0.25, 0.3) is 0 Å². The average Bonchev–Trinajstić information content (AvgIpc) is 2.16. The SMILES string of the molecule is CC(O)c1ccc2cc([SiH3])ccc2c1. The molecular weight excluding hydrogens is 188 g/mol. The fourth-order valence-corrected chi connectivity index (χ4v) is 2.12. The number of benzene rings is 2. The van der Waals surface area contributed by atoms with E-state index in [1.54, 1.807) is 6.92 Å². The fraction of sp³-hybridized carbons (Fsp3) is 0.167. The van der Waals surface area contributed by atoms with Crippen LogP contribution < -0.4 is 5.19 Å². The Morgan fingerprint density at radius 3 is 2.43 bits per heavy atom. The van der Waals surface area contributed by atoms with E-state index in [0.717, 1.165) is 15.8 Å². The molecule has 1 atom stereocenters. The first-order valence-corrected chi connectivity index (χ1v) is 5.85. The molecule has 0 aromatic heterocycles. The number of aliphatic hydroxyl groups excluding tert-OH is 1. The van der Waals surface area contributed by atoms with E-state index in [-0.39, 0.29) is 6.10 Å². The van der Waals surface area contributed by atoms with Crippen LogP contribution in [0.3, 0.4) is 0 Å². The van der Waals surface area contributed by atoms with Crippen LogP contribution in [-0.2, 0) is 0 Å². The molecule has 0 saturated carbocycles. The fourth-order valence-electron chi connectivity index (χ4n) is 1.64. The standard InChI is InChI=1S/C12H14OSi/c1-8(13)9-2-3-11-7-12(14)5-4-10(11)6-9/h2-8,13H,1,14H3. The molecule has 0 radical (unpaired) electrons. The smallest absolute Gasteiger partial charge is 0.0762 e. The van der Waals surface area contributed by atoms with Gasteiger partial charge < -0.3 is 5.11 Å². The molecule has 2 aromatic carbocycles. The minimum Gasteiger partial charge on any atom is -0.389 e. The minimum absolute atomic E-state index is 0.380. The molecule has 0 aliphatic rings. The molecule has 0 aliphatic heterocycles. The summed E-state index contributed by atoms with van der Waals surface area (Å²) in [6.45, 7) is 1.79. The summed E-state index contributed by atoms with van der Waals surface area (Å²) < 4.78 is 0. The lowest BCUT2D eigenvalue weighted by atomic mass is 10.0. The minimum atomic E-state index is -0.380. The third kappa shape index (κ3) is 1.71. The quantitative estimate of drug-likeness (QED) is 0.681. The zero-order valence-electron chi connectivity index (χ0n) is 8.49. The summed E-state index contributed by atoms with van der Waals surface area (Å²) in [5, 5.41) is 13.3. The molecule has 1 nitrogen and oxygen atoms in total. The van der Waals surface area contributed by atoms with Crippen molar-refractivity contribution in [1.82, 2.24) is 0 Å². The number of hydrogen-bond acceptors (Lipinski definition) is 1. The maximum absolute atomic E-state index is 9.44. The summed E-state index contributed by atoms with van der Waals surface area (Å²) in [4.78, 5) is 0. The Labute approximate surface area is 86.8 Å². The topological polar surface area (TPSA) is 20.2 Å². The third-order valence-corrected chi connectivity index (χ3v) is 3.12. The van der Waals surface area contributed by atoms with E-state index in [4.69, 9.17) is 0 Å². The molecule has 0 aliphatic carbocycles. The van der Waals surface area contributed by atoms with Gasteiger partial charge in [-0.15, -0.1) is 0 Å². The molecule has 1 unspecified atom stereocenters. The lowest BCUT2D eigenvalue weighted by Crippen LogP contribution is -2.00. The Morgan fingerprint density at radius 2 is 1.71 bits per heavy atom. The second kappa shape index (κ2) is 3.56. The van der Waals surface area contributed by atoms with Crippen LogP contribution in [0, 0.1) is 0 Å². The number of hydrogen-bond donors (Lipinski definition) is 1. The summed E-state index contributed by atoms with van der Waals surface area (Å²) in [6, 6.07) is 12.6. The van der Waals surface area contributed by atoms with Crippen LogP contribution in [0.4, 0.5) is 0 Å². The normalized spacial score (nSPS) is 13.3. The van der Waals surface area contributed by atoms with Crippen molar-refractivity contribution in [2.24, 2.45) is 0 Å². The van der Waals surface area contributed by atoms with Gasteiger partial charge in [0.2, 0.25) is 0 Å². The van der Waals surface area contributed by atoms with E-state index in [1.165, 1.54) is 16.0 Å². The van der Waals surface area contributed by atoms with Crippen molar-refractivity contribution >= 4 is 26.2 Å².